The minimum atomic E-state index is 0. The second-order valence-corrected chi connectivity index (χ2v) is 2.20. The summed E-state index contributed by atoms with van der Waals surface area (Å²) < 4.78 is 0. The molecule has 0 aliphatic rings. The van der Waals surface area contributed by atoms with Gasteiger partial charge in [0.25, 0.3) is 0 Å². The zero-order chi connectivity index (χ0) is 8.69. The monoisotopic (exact) mass is 291 g/mol. The van der Waals surface area contributed by atoms with Crippen molar-refractivity contribution in [3.8, 4) is 0 Å². The molecule has 1 aromatic rings. The quantitative estimate of drug-likeness (QED) is 0.786. The second kappa shape index (κ2) is 16.0. The summed E-state index contributed by atoms with van der Waals surface area (Å²) in [5.74, 6) is 0. The van der Waals surface area contributed by atoms with Crippen molar-refractivity contribution in [1.82, 2.24) is 0 Å². The Morgan fingerprint density at radius 3 is 1.64 bits per heavy atom. The predicted molar refractivity (Wildman–Crippen MR) is 64.1 cm³/mol. The first-order valence-corrected chi connectivity index (χ1v) is 4.11. The third-order valence-electron chi connectivity index (χ3n) is 1.33. The van der Waals surface area contributed by atoms with E-state index in [1.807, 2.05) is 51.1 Å². The average molecular weight is 292 g/mol. The van der Waals surface area contributed by atoms with Crippen LogP contribution in [0.3, 0.4) is 0 Å². The van der Waals surface area contributed by atoms with E-state index >= 15 is 0 Å². The summed E-state index contributed by atoms with van der Waals surface area (Å²) in [7, 11) is 0. The molecule has 0 saturated heterocycles. The molecule has 0 aromatic heterocycles. The van der Waals surface area contributed by atoms with Crippen LogP contribution >= 0.6 is 12.4 Å². The Labute approximate surface area is 120 Å². The Balaban J connectivity index is -0.0000000942. The molecule has 0 saturated carbocycles. The van der Waals surface area contributed by atoms with Crippen LogP contribution in [0.15, 0.2) is 30.3 Å². The molecule has 1 atom stereocenters. The zero-order valence-electron chi connectivity index (χ0n) is 9.53. The van der Waals surface area contributed by atoms with Gasteiger partial charge in [0.15, 0.2) is 0 Å². The molecule has 1 unspecified atom stereocenters. The van der Waals surface area contributed by atoms with Crippen molar-refractivity contribution in [2.24, 2.45) is 5.73 Å². The van der Waals surface area contributed by atoms with Gasteiger partial charge in [0.05, 0.1) is 0 Å². The molecule has 0 bridgehead atoms. The number of nitrogens with two attached hydrogens (primary N) is 1. The van der Waals surface area contributed by atoms with Crippen LogP contribution in [-0.2, 0) is 32.7 Å². The van der Waals surface area contributed by atoms with E-state index < -0.39 is 0 Å². The Morgan fingerprint density at radius 1 is 1.07 bits per heavy atom. The van der Waals surface area contributed by atoms with E-state index in [1.54, 1.807) is 0 Å². The van der Waals surface area contributed by atoms with Gasteiger partial charge in [-0.15, -0.1) is 12.4 Å². The number of hydrogen-bond acceptors (Lipinski definition) is 1. The van der Waals surface area contributed by atoms with Gasteiger partial charge in [0.1, 0.15) is 0 Å². The van der Waals surface area contributed by atoms with E-state index in [9.17, 15) is 0 Å². The molecule has 0 spiro atoms. The maximum atomic E-state index is 5.61. The summed E-state index contributed by atoms with van der Waals surface area (Å²) in [5.41, 5.74) is 6.81. The fraction of sp³-hybridized carbons (Fsp3) is 0.364. The largest absolute Gasteiger partial charge is 0.358 e. The van der Waals surface area contributed by atoms with Crippen LogP contribution in [-0.4, -0.2) is 0 Å². The first-order valence-electron chi connectivity index (χ1n) is 4.11. The number of hydrogen-bond donors (Lipinski definition) is 1. The molecular formula is C11H21ClNY-. The zero-order valence-corrected chi connectivity index (χ0v) is 13.2. The summed E-state index contributed by atoms with van der Waals surface area (Å²) in [4.78, 5) is 0. The van der Waals surface area contributed by atoms with Gasteiger partial charge in [0, 0.05) is 38.8 Å². The van der Waals surface area contributed by atoms with Gasteiger partial charge in [-0.25, -0.2) is 0 Å². The van der Waals surface area contributed by atoms with Crippen molar-refractivity contribution >= 4 is 12.4 Å². The van der Waals surface area contributed by atoms with E-state index in [1.165, 1.54) is 5.56 Å². The Morgan fingerprint density at radius 2 is 1.43 bits per heavy atom. The average Bonchev–Trinajstić information content (AvgIpc) is 2.10. The topological polar surface area (TPSA) is 26.0 Å². The van der Waals surface area contributed by atoms with Crippen LogP contribution in [0.1, 0.15) is 32.4 Å². The Kier molecular flexibility index (Phi) is 27.5. The van der Waals surface area contributed by atoms with E-state index in [0.29, 0.717) is 0 Å². The van der Waals surface area contributed by atoms with Crippen LogP contribution in [0.2, 0.25) is 0 Å². The normalized spacial score (nSPS) is 8.86. The van der Waals surface area contributed by atoms with Gasteiger partial charge in [-0.2, -0.15) is 0 Å². The number of rotatable bonds is 1. The van der Waals surface area contributed by atoms with Crippen molar-refractivity contribution in [2.45, 2.75) is 26.8 Å². The minimum Gasteiger partial charge on any atom is -0.358 e. The molecule has 1 nitrogen and oxygen atoms in total. The van der Waals surface area contributed by atoms with Gasteiger partial charge < -0.3 is 13.2 Å². The van der Waals surface area contributed by atoms with E-state index in [0.717, 1.165) is 0 Å². The van der Waals surface area contributed by atoms with E-state index in [2.05, 4.69) is 0 Å². The molecule has 0 aliphatic carbocycles. The molecule has 0 amide bonds. The molecule has 3 heteroatoms. The molecule has 1 rings (SSSR count). The van der Waals surface area contributed by atoms with Gasteiger partial charge in [-0.05, 0) is 12.5 Å². The van der Waals surface area contributed by atoms with Crippen LogP contribution in [0, 0.1) is 7.43 Å². The molecule has 0 fully saturated rings. The number of benzene rings is 1. The van der Waals surface area contributed by atoms with Crippen molar-refractivity contribution in [3.05, 3.63) is 43.3 Å². The third-order valence-corrected chi connectivity index (χ3v) is 1.33. The SMILES string of the molecule is CC.CC(N)c1ccccc1.Cl.[CH3-].[Y]. The smallest absolute Gasteiger partial charge is 0.0266 e. The van der Waals surface area contributed by atoms with Gasteiger partial charge in [-0.3, -0.25) is 0 Å². The van der Waals surface area contributed by atoms with Gasteiger partial charge >= 0.3 is 0 Å². The molecular weight excluding hydrogens is 270 g/mol. The molecule has 2 N–H and O–H groups in total. The third kappa shape index (κ3) is 10.7. The summed E-state index contributed by atoms with van der Waals surface area (Å²) in [6, 6.07) is 10.2. The minimum absolute atomic E-state index is 0. The molecule has 0 aliphatic heterocycles. The Hall–Kier alpha value is 0.574. The second-order valence-electron chi connectivity index (χ2n) is 2.20. The molecule has 0 heterocycles. The van der Waals surface area contributed by atoms with Crippen molar-refractivity contribution in [3.63, 3.8) is 0 Å². The van der Waals surface area contributed by atoms with Crippen molar-refractivity contribution in [2.75, 3.05) is 0 Å². The van der Waals surface area contributed by atoms with Crippen LogP contribution in [0.5, 0.6) is 0 Å². The maximum absolute atomic E-state index is 5.61. The van der Waals surface area contributed by atoms with Crippen LogP contribution in [0.4, 0.5) is 0 Å². The fourth-order valence-electron chi connectivity index (χ4n) is 0.757. The van der Waals surface area contributed by atoms with Gasteiger partial charge in [-0.1, -0.05) is 44.2 Å². The predicted octanol–water partition coefficient (Wildman–Crippen LogP) is 3.60. The van der Waals surface area contributed by atoms with Gasteiger partial charge in [0.2, 0.25) is 0 Å². The number of halogens is 1. The van der Waals surface area contributed by atoms with E-state index in [4.69, 9.17) is 5.73 Å². The van der Waals surface area contributed by atoms with Crippen LogP contribution < -0.4 is 5.73 Å². The molecule has 81 valence electrons. The summed E-state index contributed by atoms with van der Waals surface area (Å²) >= 11 is 0. The summed E-state index contributed by atoms with van der Waals surface area (Å²) in [5, 5.41) is 0. The molecule has 1 aromatic carbocycles. The fourth-order valence-corrected chi connectivity index (χ4v) is 0.757. The maximum Gasteiger partial charge on any atom is 0.0266 e. The summed E-state index contributed by atoms with van der Waals surface area (Å²) in [6.45, 7) is 5.98. The first-order chi connectivity index (χ1) is 5.30. The Bertz CT molecular complexity index is 178. The molecule has 14 heavy (non-hydrogen) atoms. The molecule has 1 radical (unpaired) electrons. The van der Waals surface area contributed by atoms with Crippen LogP contribution in [0.25, 0.3) is 0 Å². The first kappa shape index (κ1) is 24.0. The standard InChI is InChI=1S/C8H11N.C2H6.CH3.ClH.Y/c1-7(9)8-5-3-2-4-6-8;1-2;;;/h2-7H,9H2,1H3;1-2H3;1H3;1H;/q;;-1;;. The summed E-state index contributed by atoms with van der Waals surface area (Å²) in [6.07, 6.45) is 0. The van der Waals surface area contributed by atoms with E-state index in [-0.39, 0.29) is 58.6 Å². The van der Waals surface area contributed by atoms with Crippen molar-refractivity contribution < 1.29 is 32.7 Å². The van der Waals surface area contributed by atoms with Crippen molar-refractivity contribution in [1.29, 1.82) is 0 Å².